The molecule has 1 rings (SSSR count). The third kappa shape index (κ3) is 3.76. The van der Waals surface area contributed by atoms with Gasteiger partial charge in [0, 0.05) is 12.1 Å². The van der Waals surface area contributed by atoms with E-state index in [9.17, 15) is 4.79 Å². The first kappa shape index (κ1) is 14.1. The number of amides is 1. The summed E-state index contributed by atoms with van der Waals surface area (Å²) < 4.78 is 5.48. The van der Waals surface area contributed by atoms with Gasteiger partial charge in [-0.3, -0.25) is 0 Å². The molecule has 0 aromatic rings. The van der Waals surface area contributed by atoms with Crippen molar-refractivity contribution in [3.8, 4) is 0 Å². The zero-order valence-corrected chi connectivity index (χ0v) is 11.5. The number of rotatable bonds is 3. The van der Waals surface area contributed by atoms with Crippen molar-refractivity contribution in [2.24, 2.45) is 0 Å². The van der Waals surface area contributed by atoms with Crippen LogP contribution < -0.4 is 0 Å². The molecule has 2 atom stereocenters. The Morgan fingerprint density at radius 1 is 1.41 bits per heavy atom. The third-order valence-electron chi connectivity index (χ3n) is 3.13. The highest BCUT2D eigenvalue weighted by atomic mass is 16.6. The van der Waals surface area contributed by atoms with E-state index in [1.165, 1.54) is 0 Å². The summed E-state index contributed by atoms with van der Waals surface area (Å²) in [5.41, 5.74) is -0.420. The van der Waals surface area contributed by atoms with Crippen LogP contribution in [0.15, 0.2) is 12.7 Å². The molecule has 98 valence electrons. The number of hydrogen-bond donors (Lipinski definition) is 0. The molecule has 0 radical (unpaired) electrons. The van der Waals surface area contributed by atoms with Crippen LogP contribution in [0.3, 0.4) is 0 Å². The Labute approximate surface area is 105 Å². The summed E-state index contributed by atoms with van der Waals surface area (Å²) >= 11 is 0. The molecular formula is C14H25NO2. The Morgan fingerprint density at radius 2 is 2.00 bits per heavy atom. The second-order valence-electron chi connectivity index (χ2n) is 5.71. The highest BCUT2D eigenvalue weighted by Gasteiger charge is 2.37. The molecule has 0 spiro atoms. The lowest BCUT2D eigenvalue weighted by Gasteiger charge is -2.32. The maximum absolute atomic E-state index is 12.2. The lowest BCUT2D eigenvalue weighted by Crippen LogP contribution is -2.43. The summed E-state index contributed by atoms with van der Waals surface area (Å²) in [7, 11) is 0. The highest BCUT2D eigenvalue weighted by molar-refractivity contribution is 5.69. The van der Waals surface area contributed by atoms with Crippen molar-refractivity contribution in [3.05, 3.63) is 12.7 Å². The maximum atomic E-state index is 12.2. The Bertz CT molecular complexity index is 280. The Morgan fingerprint density at radius 3 is 2.47 bits per heavy atom. The highest BCUT2D eigenvalue weighted by Crippen LogP contribution is 2.30. The van der Waals surface area contributed by atoms with E-state index in [0.717, 1.165) is 25.7 Å². The SMILES string of the molecule is C=CCC1CC[C@H](CC)N1C(=O)OC(C)(C)C. The minimum atomic E-state index is -0.420. The van der Waals surface area contributed by atoms with Crippen molar-refractivity contribution in [3.63, 3.8) is 0 Å². The van der Waals surface area contributed by atoms with Gasteiger partial charge in [0.05, 0.1) is 0 Å². The molecule has 17 heavy (non-hydrogen) atoms. The fraction of sp³-hybridized carbons (Fsp3) is 0.786. The van der Waals surface area contributed by atoms with Crippen molar-refractivity contribution in [1.29, 1.82) is 0 Å². The molecule has 1 aliphatic heterocycles. The molecule has 1 heterocycles. The van der Waals surface area contributed by atoms with Gasteiger partial charge in [-0.05, 0) is 46.5 Å². The average molecular weight is 239 g/mol. The van der Waals surface area contributed by atoms with E-state index in [-0.39, 0.29) is 12.1 Å². The molecule has 0 N–H and O–H groups in total. The van der Waals surface area contributed by atoms with Crippen LogP contribution in [0.4, 0.5) is 4.79 Å². The fourth-order valence-corrected chi connectivity index (χ4v) is 2.40. The summed E-state index contributed by atoms with van der Waals surface area (Å²) in [5, 5.41) is 0. The molecule has 1 unspecified atom stereocenters. The average Bonchev–Trinajstić information content (AvgIpc) is 2.58. The molecule has 0 saturated carbocycles. The largest absolute Gasteiger partial charge is 0.444 e. The second-order valence-corrected chi connectivity index (χ2v) is 5.71. The quantitative estimate of drug-likeness (QED) is 0.702. The summed E-state index contributed by atoms with van der Waals surface area (Å²) in [6, 6.07) is 0.599. The van der Waals surface area contributed by atoms with Crippen LogP contribution in [-0.2, 0) is 4.74 Å². The number of likely N-dealkylation sites (tertiary alicyclic amines) is 1. The van der Waals surface area contributed by atoms with E-state index < -0.39 is 5.60 Å². The Hall–Kier alpha value is -0.990. The number of carbonyl (C=O) groups excluding carboxylic acids is 1. The molecular weight excluding hydrogens is 214 g/mol. The number of ether oxygens (including phenoxy) is 1. The van der Waals surface area contributed by atoms with Crippen LogP contribution in [0, 0.1) is 0 Å². The van der Waals surface area contributed by atoms with Crippen LogP contribution >= 0.6 is 0 Å². The standard InChI is InChI=1S/C14H25NO2/c1-6-8-12-10-9-11(7-2)15(12)13(16)17-14(3,4)5/h6,11-12H,1,7-10H2,2-5H3/t11-,12?/m0/s1. The van der Waals surface area contributed by atoms with Gasteiger partial charge in [-0.25, -0.2) is 4.79 Å². The number of hydrogen-bond acceptors (Lipinski definition) is 2. The van der Waals surface area contributed by atoms with Gasteiger partial charge in [-0.15, -0.1) is 6.58 Å². The smallest absolute Gasteiger partial charge is 0.410 e. The van der Waals surface area contributed by atoms with Crippen molar-refractivity contribution in [2.75, 3.05) is 0 Å². The minimum absolute atomic E-state index is 0.172. The van der Waals surface area contributed by atoms with Crippen LogP contribution in [0.1, 0.15) is 53.4 Å². The monoisotopic (exact) mass is 239 g/mol. The van der Waals surface area contributed by atoms with Gasteiger partial charge < -0.3 is 9.64 Å². The van der Waals surface area contributed by atoms with Gasteiger partial charge in [-0.1, -0.05) is 13.0 Å². The van der Waals surface area contributed by atoms with E-state index in [0.29, 0.717) is 6.04 Å². The first-order valence-electron chi connectivity index (χ1n) is 6.51. The van der Waals surface area contributed by atoms with Crippen LogP contribution in [0.5, 0.6) is 0 Å². The molecule has 0 bridgehead atoms. The summed E-state index contributed by atoms with van der Waals surface area (Å²) in [4.78, 5) is 14.1. The molecule has 0 aliphatic carbocycles. The zero-order valence-electron chi connectivity index (χ0n) is 11.5. The van der Waals surface area contributed by atoms with Crippen molar-refractivity contribution >= 4 is 6.09 Å². The maximum Gasteiger partial charge on any atom is 0.410 e. The van der Waals surface area contributed by atoms with Crippen LogP contribution in [-0.4, -0.2) is 28.7 Å². The normalized spacial score (nSPS) is 24.8. The third-order valence-corrected chi connectivity index (χ3v) is 3.13. The van der Waals surface area contributed by atoms with Gasteiger partial charge in [0.25, 0.3) is 0 Å². The van der Waals surface area contributed by atoms with Crippen molar-refractivity contribution in [2.45, 2.75) is 71.1 Å². The molecule has 1 amide bonds. The number of carbonyl (C=O) groups is 1. The predicted octanol–water partition coefficient (Wildman–Crippen LogP) is 3.74. The van der Waals surface area contributed by atoms with Gasteiger partial charge in [0.1, 0.15) is 5.60 Å². The molecule has 1 fully saturated rings. The van der Waals surface area contributed by atoms with Gasteiger partial charge >= 0.3 is 6.09 Å². The summed E-state index contributed by atoms with van der Waals surface area (Å²) in [6.45, 7) is 11.6. The van der Waals surface area contributed by atoms with Crippen LogP contribution in [0.25, 0.3) is 0 Å². The van der Waals surface area contributed by atoms with E-state index in [2.05, 4.69) is 13.5 Å². The molecule has 1 aliphatic rings. The summed E-state index contributed by atoms with van der Waals surface area (Å²) in [6.07, 6.45) is 5.70. The molecule has 1 saturated heterocycles. The first-order chi connectivity index (χ1) is 7.89. The topological polar surface area (TPSA) is 29.5 Å². The van der Waals surface area contributed by atoms with Crippen LogP contribution in [0.2, 0.25) is 0 Å². The lowest BCUT2D eigenvalue weighted by molar-refractivity contribution is 0.0145. The van der Waals surface area contributed by atoms with Crippen molar-refractivity contribution in [1.82, 2.24) is 4.90 Å². The zero-order chi connectivity index (χ0) is 13.1. The van der Waals surface area contributed by atoms with Gasteiger partial charge in [0.2, 0.25) is 0 Å². The number of nitrogens with zero attached hydrogens (tertiary/aromatic N) is 1. The van der Waals surface area contributed by atoms with Gasteiger partial charge in [0.15, 0.2) is 0 Å². The van der Waals surface area contributed by atoms with Crippen molar-refractivity contribution < 1.29 is 9.53 Å². The van der Waals surface area contributed by atoms with E-state index in [4.69, 9.17) is 4.74 Å². The lowest BCUT2D eigenvalue weighted by atomic mass is 10.1. The Balaban J connectivity index is 2.74. The minimum Gasteiger partial charge on any atom is -0.444 e. The van der Waals surface area contributed by atoms with E-state index >= 15 is 0 Å². The molecule has 0 aromatic carbocycles. The second kappa shape index (κ2) is 5.56. The van der Waals surface area contributed by atoms with E-state index in [1.54, 1.807) is 0 Å². The predicted molar refractivity (Wildman–Crippen MR) is 70.0 cm³/mol. The van der Waals surface area contributed by atoms with Gasteiger partial charge in [-0.2, -0.15) is 0 Å². The summed E-state index contributed by atoms with van der Waals surface area (Å²) in [5.74, 6) is 0. The first-order valence-corrected chi connectivity index (χ1v) is 6.51. The molecule has 3 heteroatoms. The molecule has 3 nitrogen and oxygen atoms in total. The Kier molecular flexibility index (Phi) is 4.61. The fourth-order valence-electron chi connectivity index (χ4n) is 2.40. The van der Waals surface area contributed by atoms with E-state index in [1.807, 2.05) is 31.7 Å². The molecule has 0 aromatic heterocycles.